The smallest absolute Gasteiger partial charge is 0.262 e. The van der Waals surface area contributed by atoms with Gasteiger partial charge >= 0.3 is 0 Å². The fourth-order valence-corrected chi connectivity index (χ4v) is 5.30. The van der Waals surface area contributed by atoms with E-state index in [-0.39, 0.29) is 4.90 Å². The highest BCUT2D eigenvalue weighted by Gasteiger charge is 2.19. The number of ether oxygens (including phenoxy) is 1. The van der Waals surface area contributed by atoms with Crippen molar-refractivity contribution in [3.8, 4) is 5.75 Å². The normalized spacial score (nSPS) is 13.8. The molecule has 2 N–H and O–H groups in total. The summed E-state index contributed by atoms with van der Waals surface area (Å²) in [7, 11) is -2.17. The number of nitrogens with zero attached hydrogens (tertiary/aromatic N) is 3. The highest BCUT2D eigenvalue weighted by molar-refractivity contribution is 7.92. The Morgan fingerprint density at radius 2 is 1.58 bits per heavy atom. The van der Waals surface area contributed by atoms with Crippen molar-refractivity contribution in [3.63, 3.8) is 0 Å². The van der Waals surface area contributed by atoms with E-state index in [1.807, 2.05) is 32.0 Å². The largest absolute Gasteiger partial charge is 0.496 e. The highest BCUT2D eigenvalue weighted by Crippen LogP contribution is 2.28. The third-order valence-electron chi connectivity index (χ3n) is 5.62. The van der Waals surface area contributed by atoms with Crippen molar-refractivity contribution in [2.24, 2.45) is 0 Å². The van der Waals surface area contributed by atoms with Gasteiger partial charge in [0.15, 0.2) is 0 Å². The average molecular weight is 468 g/mol. The molecule has 0 bridgehead atoms. The van der Waals surface area contributed by atoms with Gasteiger partial charge in [0.2, 0.25) is 5.95 Å². The maximum absolute atomic E-state index is 13.0. The SMILES string of the molecule is COc1cc(C)c(S(=O)(=O)Nc2ccc(Nc3cc(C)nc(N4CCCC4)n3)cc2)cc1C. The summed E-state index contributed by atoms with van der Waals surface area (Å²) in [5, 5.41) is 3.29. The molecule has 4 rings (SSSR count). The van der Waals surface area contributed by atoms with Crippen molar-refractivity contribution in [3.05, 3.63) is 59.3 Å². The van der Waals surface area contributed by atoms with Gasteiger partial charge in [0.1, 0.15) is 11.6 Å². The fourth-order valence-electron chi connectivity index (χ4n) is 3.93. The number of nitrogens with one attached hydrogen (secondary N) is 2. The monoisotopic (exact) mass is 467 g/mol. The van der Waals surface area contributed by atoms with Crippen molar-refractivity contribution in [1.82, 2.24) is 9.97 Å². The van der Waals surface area contributed by atoms with Crippen LogP contribution in [-0.4, -0.2) is 38.6 Å². The van der Waals surface area contributed by atoms with E-state index in [2.05, 4.69) is 24.9 Å². The first-order valence-electron chi connectivity index (χ1n) is 10.9. The first kappa shape index (κ1) is 22.8. The van der Waals surface area contributed by atoms with Crippen LogP contribution in [0.2, 0.25) is 0 Å². The van der Waals surface area contributed by atoms with Gasteiger partial charge < -0.3 is 15.0 Å². The van der Waals surface area contributed by atoms with Gasteiger partial charge in [-0.1, -0.05) is 0 Å². The van der Waals surface area contributed by atoms with Crippen molar-refractivity contribution in [1.29, 1.82) is 0 Å². The molecule has 0 radical (unpaired) electrons. The Balaban J connectivity index is 1.49. The molecule has 0 spiro atoms. The zero-order valence-corrected chi connectivity index (χ0v) is 20.2. The third-order valence-corrected chi connectivity index (χ3v) is 7.15. The molecule has 1 fully saturated rings. The molecule has 0 amide bonds. The zero-order valence-electron chi connectivity index (χ0n) is 19.3. The molecule has 1 aromatic heterocycles. The summed E-state index contributed by atoms with van der Waals surface area (Å²) in [6.07, 6.45) is 2.32. The van der Waals surface area contributed by atoms with Crippen molar-refractivity contribution in [2.75, 3.05) is 35.1 Å². The Hall–Kier alpha value is -3.33. The van der Waals surface area contributed by atoms with E-state index < -0.39 is 10.0 Å². The number of anilines is 4. The van der Waals surface area contributed by atoms with E-state index in [4.69, 9.17) is 4.74 Å². The molecule has 2 aromatic carbocycles. The molecule has 1 saturated heterocycles. The van der Waals surface area contributed by atoms with Gasteiger partial charge in [-0.15, -0.1) is 0 Å². The summed E-state index contributed by atoms with van der Waals surface area (Å²) in [5.74, 6) is 2.11. The molecule has 0 atom stereocenters. The molecule has 9 heteroatoms. The molecule has 8 nitrogen and oxygen atoms in total. The van der Waals surface area contributed by atoms with E-state index in [9.17, 15) is 8.42 Å². The van der Waals surface area contributed by atoms with E-state index in [1.165, 1.54) is 0 Å². The lowest BCUT2D eigenvalue weighted by Crippen LogP contribution is -2.21. The number of aryl methyl sites for hydroxylation is 3. The number of methoxy groups -OCH3 is 1. The molecule has 3 aromatic rings. The Kier molecular flexibility index (Phi) is 6.42. The molecular formula is C24H29N5O3S. The second-order valence-electron chi connectivity index (χ2n) is 8.28. The minimum absolute atomic E-state index is 0.230. The molecule has 174 valence electrons. The van der Waals surface area contributed by atoms with Gasteiger partial charge in [-0.3, -0.25) is 4.72 Å². The van der Waals surface area contributed by atoms with Crippen LogP contribution in [0.3, 0.4) is 0 Å². The summed E-state index contributed by atoms with van der Waals surface area (Å²) in [4.78, 5) is 11.6. The minimum Gasteiger partial charge on any atom is -0.496 e. The Labute approximate surface area is 195 Å². The first-order valence-corrected chi connectivity index (χ1v) is 12.4. The molecule has 0 unspecified atom stereocenters. The van der Waals surface area contributed by atoms with Gasteiger partial charge in [-0.05, 0) is 81.1 Å². The number of aromatic nitrogens is 2. The van der Waals surface area contributed by atoms with Crippen molar-refractivity contribution >= 4 is 33.2 Å². The standard InChI is InChI=1S/C24H29N5O3S/c1-16-14-22(17(2)13-21(16)32-4)33(30,31)28-20-9-7-19(8-10-20)26-23-15-18(3)25-24(27-23)29-11-5-6-12-29/h7-10,13-15,28H,5-6,11-12H2,1-4H3,(H,25,26,27). The van der Waals surface area contributed by atoms with Crippen LogP contribution in [0.4, 0.5) is 23.1 Å². The predicted octanol–water partition coefficient (Wildman–Crippen LogP) is 4.56. The molecule has 33 heavy (non-hydrogen) atoms. The molecule has 2 heterocycles. The van der Waals surface area contributed by atoms with Gasteiger partial charge in [-0.2, -0.15) is 4.98 Å². The van der Waals surface area contributed by atoms with E-state index in [0.29, 0.717) is 22.8 Å². The predicted molar refractivity (Wildman–Crippen MR) is 131 cm³/mol. The van der Waals surface area contributed by atoms with E-state index in [0.717, 1.165) is 48.8 Å². The van der Waals surface area contributed by atoms with Crippen molar-refractivity contribution in [2.45, 2.75) is 38.5 Å². The number of sulfonamides is 1. The molecular weight excluding hydrogens is 438 g/mol. The summed E-state index contributed by atoms with van der Waals surface area (Å²) < 4.78 is 33.9. The van der Waals surface area contributed by atoms with Crippen molar-refractivity contribution < 1.29 is 13.2 Å². The van der Waals surface area contributed by atoms with Gasteiger partial charge in [0, 0.05) is 36.2 Å². The van der Waals surface area contributed by atoms with Crippen LogP contribution in [-0.2, 0) is 10.0 Å². The van der Waals surface area contributed by atoms with E-state index >= 15 is 0 Å². The third kappa shape index (κ3) is 5.19. The fraction of sp³-hybridized carbons (Fsp3) is 0.333. The van der Waals surface area contributed by atoms with Crippen LogP contribution in [0.15, 0.2) is 47.4 Å². The molecule has 1 aliphatic heterocycles. The summed E-state index contributed by atoms with van der Waals surface area (Å²) >= 11 is 0. The average Bonchev–Trinajstić information content (AvgIpc) is 3.31. The van der Waals surface area contributed by atoms with Crippen LogP contribution < -0.4 is 19.7 Å². The van der Waals surface area contributed by atoms with Crippen LogP contribution in [0, 0.1) is 20.8 Å². The van der Waals surface area contributed by atoms with Crippen LogP contribution >= 0.6 is 0 Å². The zero-order chi connectivity index (χ0) is 23.6. The lowest BCUT2D eigenvalue weighted by Gasteiger charge is -2.17. The first-order chi connectivity index (χ1) is 15.7. The van der Waals surface area contributed by atoms with Crippen LogP contribution in [0.25, 0.3) is 0 Å². The Morgan fingerprint density at radius 3 is 2.24 bits per heavy atom. The number of hydrogen-bond acceptors (Lipinski definition) is 7. The number of rotatable bonds is 7. The Bertz CT molecular complexity index is 1250. The maximum Gasteiger partial charge on any atom is 0.262 e. The molecule has 0 aliphatic carbocycles. The summed E-state index contributed by atoms with van der Waals surface area (Å²) in [5.41, 5.74) is 3.56. The Morgan fingerprint density at radius 1 is 0.909 bits per heavy atom. The highest BCUT2D eigenvalue weighted by atomic mass is 32.2. The number of hydrogen-bond donors (Lipinski definition) is 2. The second-order valence-corrected chi connectivity index (χ2v) is 9.93. The summed E-state index contributed by atoms with van der Waals surface area (Å²) in [6.45, 7) is 7.48. The van der Waals surface area contributed by atoms with Gasteiger partial charge in [0.05, 0.1) is 12.0 Å². The second kappa shape index (κ2) is 9.27. The number of benzene rings is 2. The minimum atomic E-state index is -3.74. The molecule has 1 aliphatic rings. The molecule has 0 saturated carbocycles. The van der Waals surface area contributed by atoms with Gasteiger partial charge in [0.25, 0.3) is 10.0 Å². The van der Waals surface area contributed by atoms with E-state index in [1.54, 1.807) is 38.3 Å². The quantitative estimate of drug-likeness (QED) is 0.526. The maximum atomic E-state index is 13.0. The topological polar surface area (TPSA) is 96.5 Å². The lowest BCUT2D eigenvalue weighted by atomic mass is 10.1. The van der Waals surface area contributed by atoms with Crippen LogP contribution in [0.1, 0.15) is 29.7 Å². The van der Waals surface area contributed by atoms with Crippen LogP contribution in [0.5, 0.6) is 5.75 Å². The van der Waals surface area contributed by atoms with Gasteiger partial charge in [-0.25, -0.2) is 13.4 Å². The lowest BCUT2D eigenvalue weighted by molar-refractivity contribution is 0.411. The summed E-state index contributed by atoms with van der Waals surface area (Å²) in [6, 6.07) is 12.3.